The zero-order chi connectivity index (χ0) is 21.1. The molecular weight excluding hydrogens is 398 g/mol. The van der Waals surface area contributed by atoms with Crippen LogP contribution >= 0.6 is 0 Å². The van der Waals surface area contributed by atoms with Crippen molar-refractivity contribution < 1.29 is 18.1 Å². The number of anilines is 1. The second-order valence-electron chi connectivity index (χ2n) is 8.30. The topological polar surface area (TPSA) is 54.3 Å². The molecular formula is C23H32N3O3S+. The summed E-state index contributed by atoms with van der Waals surface area (Å²) in [5.74, 6) is 0. The Morgan fingerprint density at radius 2 is 1.67 bits per heavy atom. The van der Waals surface area contributed by atoms with Crippen LogP contribution in [0.2, 0.25) is 0 Å². The average molecular weight is 431 g/mol. The maximum absolute atomic E-state index is 12.9. The van der Waals surface area contributed by atoms with Crippen LogP contribution in [0.5, 0.6) is 0 Å². The number of sulfonamides is 1. The molecule has 2 aromatic rings. The second kappa shape index (κ2) is 9.06. The minimum atomic E-state index is -3.44. The number of nitrogens with one attached hydrogen (secondary N) is 1. The van der Waals surface area contributed by atoms with Gasteiger partial charge in [0, 0.05) is 24.3 Å². The molecule has 0 atom stereocenters. The molecule has 0 radical (unpaired) electrons. The van der Waals surface area contributed by atoms with E-state index in [-0.39, 0.29) is 0 Å². The molecule has 0 spiro atoms. The lowest BCUT2D eigenvalue weighted by molar-refractivity contribution is -0.914. The molecule has 0 saturated carbocycles. The first-order valence-electron chi connectivity index (χ1n) is 10.8. The van der Waals surface area contributed by atoms with Crippen LogP contribution in [0, 0.1) is 13.8 Å². The Morgan fingerprint density at radius 3 is 2.40 bits per heavy atom. The van der Waals surface area contributed by atoms with E-state index >= 15 is 0 Å². The lowest BCUT2D eigenvalue weighted by Crippen LogP contribution is -3.13. The SMILES string of the molecule is Cc1cccc(N2CC[NH+](Cc3cccc(S(=O)(=O)N4CCOCC4)c3)CC2)c1C. The van der Waals surface area contributed by atoms with Crippen LogP contribution in [-0.2, 0) is 21.3 Å². The molecule has 1 N–H and O–H groups in total. The molecule has 0 bridgehead atoms. The van der Waals surface area contributed by atoms with Gasteiger partial charge >= 0.3 is 0 Å². The summed E-state index contributed by atoms with van der Waals surface area (Å²) in [6, 6.07) is 14.0. The number of quaternary nitrogens is 1. The molecule has 2 aliphatic rings. The average Bonchev–Trinajstić information content (AvgIpc) is 2.77. The van der Waals surface area contributed by atoms with E-state index in [1.165, 1.54) is 26.0 Å². The molecule has 6 nitrogen and oxygen atoms in total. The number of benzene rings is 2. The van der Waals surface area contributed by atoms with Gasteiger partial charge in [0.2, 0.25) is 10.0 Å². The zero-order valence-electron chi connectivity index (χ0n) is 17.9. The van der Waals surface area contributed by atoms with Crippen molar-refractivity contribution in [3.05, 3.63) is 59.2 Å². The highest BCUT2D eigenvalue weighted by Gasteiger charge is 2.27. The number of ether oxygens (including phenoxy) is 1. The number of piperazine rings is 1. The normalized spacial score (nSPS) is 19.2. The summed E-state index contributed by atoms with van der Waals surface area (Å²) < 4.78 is 32.7. The van der Waals surface area contributed by atoms with E-state index in [0.29, 0.717) is 31.2 Å². The van der Waals surface area contributed by atoms with Gasteiger partial charge in [0.25, 0.3) is 0 Å². The molecule has 2 aliphatic heterocycles. The fourth-order valence-corrected chi connectivity index (χ4v) is 5.84. The quantitative estimate of drug-likeness (QED) is 0.775. The highest BCUT2D eigenvalue weighted by molar-refractivity contribution is 7.89. The van der Waals surface area contributed by atoms with Crippen LogP contribution in [0.3, 0.4) is 0 Å². The van der Waals surface area contributed by atoms with Crippen molar-refractivity contribution in [3.8, 4) is 0 Å². The van der Waals surface area contributed by atoms with E-state index < -0.39 is 10.0 Å². The summed E-state index contributed by atoms with van der Waals surface area (Å²) >= 11 is 0. The first kappa shape index (κ1) is 21.3. The van der Waals surface area contributed by atoms with Crippen LogP contribution in [0.1, 0.15) is 16.7 Å². The molecule has 0 aliphatic carbocycles. The van der Waals surface area contributed by atoms with Gasteiger partial charge < -0.3 is 14.5 Å². The fraction of sp³-hybridized carbons (Fsp3) is 0.478. The molecule has 2 aromatic carbocycles. The van der Waals surface area contributed by atoms with Gasteiger partial charge in [0.15, 0.2) is 0 Å². The molecule has 2 saturated heterocycles. The van der Waals surface area contributed by atoms with Gasteiger partial charge in [-0.25, -0.2) is 8.42 Å². The molecule has 7 heteroatoms. The molecule has 0 aromatic heterocycles. The minimum absolute atomic E-state index is 0.398. The monoisotopic (exact) mass is 430 g/mol. The summed E-state index contributed by atoms with van der Waals surface area (Å²) in [6.45, 7) is 11.1. The maximum atomic E-state index is 12.9. The molecule has 4 rings (SSSR count). The Bertz CT molecular complexity index is 979. The Hall–Kier alpha value is -1.93. The third kappa shape index (κ3) is 4.54. The van der Waals surface area contributed by atoms with Crippen molar-refractivity contribution in [1.29, 1.82) is 0 Å². The van der Waals surface area contributed by atoms with Gasteiger partial charge in [-0.1, -0.05) is 24.3 Å². The van der Waals surface area contributed by atoms with E-state index in [1.54, 1.807) is 6.07 Å². The Morgan fingerprint density at radius 1 is 0.967 bits per heavy atom. The number of hydrogen-bond donors (Lipinski definition) is 1. The van der Waals surface area contributed by atoms with Gasteiger partial charge in [-0.3, -0.25) is 0 Å². The smallest absolute Gasteiger partial charge is 0.243 e. The van der Waals surface area contributed by atoms with Crippen molar-refractivity contribution in [2.24, 2.45) is 0 Å². The third-order valence-electron chi connectivity index (χ3n) is 6.35. The highest BCUT2D eigenvalue weighted by Crippen LogP contribution is 2.23. The lowest BCUT2D eigenvalue weighted by Gasteiger charge is -2.34. The van der Waals surface area contributed by atoms with Crippen LogP contribution in [0.4, 0.5) is 5.69 Å². The molecule has 0 amide bonds. The number of aryl methyl sites for hydroxylation is 1. The van der Waals surface area contributed by atoms with Gasteiger partial charge in [-0.05, 0) is 43.2 Å². The van der Waals surface area contributed by atoms with Crippen molar-refractivity contribution in [3.63, 3.8) is 0 Å². The highest BCUT2D eigenvalue weighted by atomic mass is 32.2. The molecule has 2 fully saturated rings. The van der Waals surface area contributed by atoms with Crippen molar-refractivity contribution >= 4 is 15.7 Å². The first-order valence-corrected chi connectivity index (χ1v) is 12.2. The van der Waals surface area contributed by atoms with E-state index in [1.807, 2.05) is 18.2 Å². The van der Waals surface area contributed by atoms with Crippen molar-refractivity contribution in [2.45, 2.75) is 25.3 Å². The Kier molecular flexibility index (Phi) is 6.43. The van der Waals surface area contributed by atoms with Crippen LogP contribution < -0.4 is 9.80 Å². The van der Waals surface area contributed by atoms with E-state index in [2.05, 4.69) is 36.9 Å². The third-order valence-corrected chi connectivity index (χ3v) is 8.24. The number of rotatable bonds is 5. The first-order chi connectivity index (χ1) is 14.4. The van der Waals surface area contributed by atoms with Gasteiger partial charge in [-0.15, -0.1) is 0 Å². The van der Waals surface area contributed by atoms with Crippen LogP contribution in [-0.4, -0.2) is 65.2 Å². The summed E-state index contributed by atoms with van der Waals surface area (Å²) in [4.78, 5) is 4.37. The second-order valence-corrected chi connectivity index (χ2v) is 10.2. The summed E-state index contributed by atoms with van der Waals surface area (Å²) in [7, 11) is -3.44. The standard InChI is InChI=1S/C23H31N3O3S/c1-19-5-3-8-23(20(19)2)25-11-9-24(10-12-25)18-21-6-4-7-22(17-21)30(27,28)26-13-15-29-16-14-26/h3-8,17H,9-16,18H2,1-2H3/p+1. The van der Waals surface area contributed by atoms with Crippen molar-refractivity contribution in [1.82, 2.24) is 4.31 Å². The lowest BCUT2D eigenvalue weighted by atomic mass is 10.1. The zero-order valence-corrected chi connectivity index (χ0v) is 18.7. The van der Waals surface area contributed by atoms with Crippen LogP contribution in [0.15, 0.2) is 47.4 Å². The predicted octanol–water partition coefficient (Wildman–Crippen LogP) is 1.23. The van der Waals surface area contributed by atoms with Gasteiger partial charge in [0.05, 0.1) is 44.3 Å². The predicted molar refractivity (Wildman–Crippen MR) is 119 cm³/mol. The van der Waals surface area contributed by atoms with E-state index in [0.717, 1.165) is 38.3 Å². The number of morpholine rings is 1. The van der Waals surface area contributed by atoms with E-state index in [4.69, 9.17) is 4.74 Å². The van der Waals surface area contributed by atoms with Crippen LogP contribution in [0.25, 0.3) is 0 Å². The number of hydrogen-bond acceptors (Lipinski definition) is 4. The minimum Gasteiger partial charge on any atom is -0.379 e. The van der Waals surface area contributed by atoms with Crippen molar-refractivity contribution in [2.75, 3.05) is 57.4 Å². The van der Waals surface area contributed by atoms with Gasteiger partial charge in [-0.2, -0.15) is 4.31 Å². The maximum Gasteiger partial charge on any atom is 0.243 e. The summed E-state index contributed by atoms with van der Waals surface area (Å²) in [5, 5.41) is 0. The summed E-state index contributed by atoms with van der Waals surface area (Å²) in [5.41, 5.74) is 5.12. The van der Waals surface area contributed by atoms with Gasteiger partial charge in [0.1, 0.15) is 6.54 Å². The summed E-state index contributed by atoms with van der Waals surface area (Å²) in [6.07, 6.45) is 0. The fourth-order valence-electron chi connectivity index (χ4n) is 4.36. The Balaban J connectivity index is 1.40. The molecule has 162 valence electrons. The largest absolute Gasteiger partial charge is 0.379 e. The number of nitrogens with zero attached hydrogens (tertiary/aromatic N) is 2. The molecule has 30 heavy (non-hydrogen) atoms. The molecule has 2 heterocycles. The molecule has 0 unspecified atom stereocenters. The van der Waals surface area contributed by atoms with E-state index in [9.17, 15) is 8.42 Å². The Labute approximate surface area is 180 Å².